The maximum Gasteiger partial charge on any atom is 0.573 e. The maximum absolute atomic E-state index is 12.2. The third-order valence-corrected chi connectivity index (χ3v) is 4.53. The van der Waals surface area contributed by atoms with Crippen molar-refractivity contribution in [2.75, 3.05) is 0 Å². The third kappa shape index (κ3) is 5.24. The van der Waals surface area contributed by atoms with Crippen LogP contribution in [-0.2, 0) is 16.6 Å². The molecular formula is C16H16F3NO3S. The van der Waals surface area contributed by atoms with Crippen molar-refractivity contribution < 1.29 is 26.3 Å². The molecule has 2 aromatic carbocycles. The lowest BCUT2D eigenvalue weighted by Gasteiger charge is -2.11. The summed E-state index contributed by atoms with van der Waals surface area (Å²) in [6, 6.07) is 9.72. The Hall–Kier alpha value is -2.06. The highest BCUT2D eigenvalue weighted by Crippen LogP contribution is 2.24. The van der Waals surface area contributed by atoms with Crippen molar-refractivity contribution in [1.82, 2.24) is 4.72 Å². The predicted octanol–water partition coefficient (Wildman–Crippen LogP) is 3.68. The van der Waals surface area contributed by atoms with Crippen molar-refractivity contribution in [3.8, 4) is 5.75 Å². The number of sulfonamides is 1. The highest BCUT2D eigenvalue weighted by molar-refractivity contribution is 7.89. The maximum atomic E-state index is 12.2. The predicted molar refractivity (Wildman–Crippen MR) is 83.1 cm³/mol. The summed E-state index contributed by atoms with van der Waals surface area (Å²) in [7, 11) is -3.83. The zero-order valence-electron chi connectivity index (χ0n) is 13.0. The van der Waals surface area contributed by atoms with Crippen LogP contribution in [0.25, 0.3) is 0 Å². The molecule has 0 saturated carbocycles. The van der Waals surface area contributed by atoms with Crippen LogP contribution < -0.4 is 9.46 Å². The quantitative estimate of drug-likeness (QED) is 0.886. The first-order chi connectivity index (χ1) is 11.0. The fraction of sp³-hybridized carbons (Fsp3) is 0.250. The van der Waals surface area contributed by atoms with Crippen molar-refractivity contribution in [3.05, 3.63) is 59.2 Å². The molecule has 0 aliphatic heterocycles. The van der Waals surface area contributed by atoms with Gasteiger partial charge in [-0.15, -0.1) is 13.2 Å². The average molecular weight is 359 g/mol. The highest BCUT2D eigenvalue weighted by Gasteiger charge is 2.31. The Morgan fingerprint density at radius 1 is 1.00 bits per heavy atom. The summed E-state index contributed by atoms with van der Waals surface area (Å²) in [5.74, 6) is -0.476. The van der Waals surface area contributed by atoms with Crippen LogP contribution in [-0.4, -0.2) is 14.8 Å². The molecule has 0 fully saturated rings. The van der Waals surface area contributed by atoms with Gasteiger partial charge in [0.1, 0.15) is 5.75 Å². The number of rotatable bonds is 5. The lowest BCUT2D eigenvalue weighted by atomic mass is 10.1. The van der Waals surface area contributed by atoms with Crippen LogP contribution in [0.15, 0.2) is 47.4 Å². The Labute approximate surface area is 138 Å². The fourth-order valence-corrected chi connectivity index (χ4v) is 3.27. The van der Waals surface area contributed by atoms with Gasteiger partial charge in [-0.3, -0.25) is 0 Å². The van der Waals surface area contributed by atoms with Crippen molar-refractivity contribution in [2.24, 2.45) is 0 Å². The average Bonchev–Trinajstić information content (AvgIpc) is 2.43. The van der Waals surface area contributed by atoms with Gasteiger partial charge in [0.05, 0.1) is 4.90 Å². The van der Waals surface area contributed by atoms with E-state index in [2.05, 4.69) is 9.46 Å². The summed E-state index contributed by atoms with van der Waals surface area (Å²) >= 11 is 0. The van der Waals surface area contributed by atoms with Gasteiger partial charge in [0.15, 0.2) is 0 Å². The standard InChI is InChI=1S/C16H16F3NO3S/c1-11-7-12(2)9-13(8-11)10-20-24(21,22)15-5-3-14(4-6-15)23-16(17,18)19/h3-9,20H,10H2,1-2H3. The van der Waals surface area contributed by atoms with Gasteiger partial charge in [-0.2, -0.15) is 0 Å². The number of halogens is 3. The Bertz CT molecular complexity index is 795. The molecule has 1 N–H and O–H groups in total. The van der Waals surface area contributed by atoms with Gasteiger partial charge in [0.2, 0.25) is 10.0 Å². The van der Waals surface area contributed by atoms with Crippen LogP contribution in [0.3, 0.4) is 0 Å². The highest BCUT2D eigenvalue weighted by atomic mass is 32.2. The van der Waals surface area contributed by atoms with E-state index in [0.717, 1.165) is 41.0 Å². The molecule has 0 spiro atoms. The SMILES string of the molecule is Cc1cc(C)cc(CNS(=O)(=O)c2ccc(OC(F)(F)F)cc2)c1. The Kier molecular flexibility index (Phi) is 5.19. The van der Waals surface area contributed by atoms with E-state index in [-0.39, 0.29) is 11.4 Å². The van der Waals surface area contributed by atoms with Gasteiger partial charge in [-0.1, -0.05) is 29.3 Å². The molecule has 0 aliphatic carbocycles. The Balaban J connectivity index is 2.09. The van der Waals surface area contributed by atoms with E-state index in [1.807, 2.05) is 32.0 Å². The summed E-state index contributed by atoms with van der Waals surface area (Å²) in [6.07, 6.45) is -4.82. The second-order valence-corrected chi connectivity index (χ2v) is 7.11. The number of hydrogen-bond donors (Lipinski definition) is 1. The Morgan fingerprint density at radius 3 is 2.04 bits per heavy atom. The molecule has 24 heavy (non-hydrogen) atoms. The van der Waals surface area contributed by atoms with Crippen LogP contribution in [0.5, 0.6) is 5.75 Å². The van der Waals surface area contributed by atoms with Crippen molar-refractivity contribution >= 4 is 10.0 Å². The first kappa shape index (κ1) is 18.3. The van der Waals surface area contributed by atoms with Gasteiger partial charge in [0.25, 0.3) is 0 Å². The molecule has 2 aromatic rings. The molecule has 0 saturated heterocycles. The second-order valence-electron chi connectivity index (χ2n) is 5.34. The summed E-state index contributed by atoms with van der Waals surface area (Å²) in [6.45, 7) is 3.90. The van der Waals surface area contributed by atoms with Crippen molar-refractivity contribution in [3.63, 3.8) is 0 Å². The zero-order chi connectivity index (χ0) is 18.0. The first-order valence-corrected chi connectivity index (χ1v) is 8.46. The number of aryl methyl sites for hydroxylation is 2. The first-order valence-electron chi connectivity index (χ1n) is 6.98. The molecular weight excluding hydrogens is 343 g/mol. The molecule has 0 bridgehead atoms. The van der Waals surface area contributed by atoms with E-state index in [9.17, 15) is 21.6 Å². The number of benzene rings is 2. The number of ether oxygens (including phenoxy) is 1. The molecule has 0 radical (unpaired) electrons. The van der Waals surface area contributed by atoms with Gasteiger partial charge in [-0.05, 0) is 43.7 Å². The van der Waals surface area contributed by atoms with Crippen LogP contribution in [0.1, 0.15) is 16.7 Å². The smallest absolute Gasteiger partial charge is 0.406 e. The largest absolute Gasteiger partial charge is 0.573 e. The van der Waals surface area contributed by atoms with E-state index in [0.29, 0.717) is 0 Å². The topological polar surface area (TPSA) is 55.4 Å². The number of nitrogens with one attached hydrogen (secondary N) is 1. The fourth-order valence-electron chi connectivity index (χ4n) is 2.25. The lowest BCUT2D eigenvalue weighted by Crippen LogP contribution is -2.23. The second kappa shape index (κ2) is 6.82. The van der Waals surface area contributed by atoms with Crippen molar-refractivity contribution in [1.29, 1.82) is 0 Å². The van der Waals surface area contributed by atoms with E-state index < -0.39 is 22.1 Å². The van der Waals surface area contributed by atoms with Crippen molar-refractivity contribution in [2.45, 2.75) is 31.7 Å². The van der Waals surface area contributed by atoms with Gasteiger partial charge in [0, 0.05) is 6.54 Å². The minimum atomic E-state index is -4.82. The van der Waals surface area contributed by atoms with E-state index in [4.69, 9.17) is 0 Å². The zero-order valence-corrected chi connectivity index (χ0v) is 13.8. The molecule has 0 unspecified atom stereocenters. The Morgan fingerprint density at radius 2 is 1.54 bits per heavy atom. The molecule has 4 nitrogen and oxygen atoms in total. The summed E-state index contributed by atoms with van der Waals surface area (Å²) in [5.41, 5.74) is 2.82. The summed E-state index contributed by atoms with van der Waals surface area (Å²) in [4.78, 5) is -0.138. The van der Waals surface area contributed by atoms with E-state index >= 15 is 0 Å². The molecule has 0 heterocycles. The van der Waals surface area contributed by atoms with Gasteiger partial charge in [-0.25, -0.2) is 13.1 Å². The molecule has 0 amide bonds. The monoisotopic (exact) mass is 359 g/mol. The van der Waals surface area contributed by atoms with E-state index in [1.165, 1.54) is 0 Å². The van der Waals surface area contributed by atoms with Gasteiger partial charge < -0.3 is 4.74 Å². The van der Waals surface area contributed by atoms with Crippen LogP contribution in [0, 0.1) is 13.8 Å². The third-order valence-electron chi connectivity index (χ3n) is 3.12. The van der Waals surface area contributed by atoms with Crippen LogP contribution in [0.2, 0.25) is 0 Å². The molecule has 0 aromatic heterocycles. The minimum Gasteiger partial charge on any atom is -0.406 e. The summed E-state index contributed by atoms with van der Waals surface area (Å²) < 4.78 is 66.8. The molecule has 130 valence electrons. The van der Waals surface area contributed by atoms with E-state index in [1.54, 1.807) is 0 Å². The molecule has 8 heteroatoms. The van der Waals surface area contributed by atoms with Crippen LogP contribution in [0.4, 0.5) is 13.2 Å². The normalized spacial score (nSPS) is 12.2. The minimum absolute atomic E-state index is 0.0889. The van der Waals surface area contributed by atoms with Crippen LogP contribution >= 0.6 is 0 Å². The summed E-state index contributed by atoms with van der Waals surface area (Å²) in [5, 5.41) is 0. The number of hydrogen-bond acceptors (Lipinski definition) is 3. The molecule has 0 aliphatic rings. The number of alkyl halides is 3. The van der Waals surface area contributed by atoms with Gasteiger partial charge >= 0.3 is 6.36 Å². The lowest BCUT2D eigenvalue weighted by molar-refractivity contribution is -0.274. The molecule has 2 rings (SSSR count). The molecule has 0 atom stereocenters.